The van der Waals surface area contributed by atoms with E-state index < -0.39 is 6.09 Å². The van der Waals surface area contributed by atoms with Gasteiger partial charge in [0.1, 0.15) is 11.5 Å². The molecule has 1 N–H and O–H groups in total. The van der Waals surface area contributed by atoms with Gasteiger partial charge < -0.3 is 19.3 Å². The van der Waals surface area contributed by atoms with E-state index in [9.17, 15) is 9.90 Å². The minimum absolute atomic E-state index is 0.258. The molecular weight excluding hydrogens is 444 g/mol. The van der Waals surface area contributed by atoms with Crippen molar-refractivity contribution in [2.24, 2.45) is 0 Å². The normalized spacial score (nSPS) is 10.8. The molecule has 35 heavy (non-hydrogen) atoms. The number of hydrogen-bond acceptors (Lipinski definition) is 5. The smallest absolute Gasteiger partial charge is 0.412 e. The molecule has 7 nitrogen and oxygen atoms in total. The highest BCUT2D eigenvalue weighted by Gasteiger charge is 2.20. The standard InChI is InChI=1S/C28H28N2O5/c1-17-7-6-8-20(11-17)16-30(28(31)32)23-12-19(3)25(13-18(23)2)35-24-9-10-29-22-15-27(34-5)26(33-4)14-21(22)24/h6-15H,16H2,1-5H3,(H,31,32). The number of methoxy groups -OCH3 is 2. The summed E-state index contributed by atoms with van der Waals surface area (Å²) in [6.45, 7) is 6.03. The Balaban J connectivity index is 1.70. The molecule has 4 rings (SSSR count). The largest absolute Gasteiger partial charge is 0.493 e. The van der Waals surface area contributed by atoms with E-state index in [2.05, 4.69) is 4.98 Å². The van der Waals surface area contributed by atoms with Crippen molar-refractivity contribution in [2.45, 2.75) is 27.3 Å². The first-order valence-electron chi connectivity index (χ1n) is 11.2. The lowest BCUT2D eigenvalue weighted by molar-refractivity contribution is 0.201. The lowest BCUT2D eigenvalue weighted by Crippen LogP contribution is -2.29. The van der Waals surface area contributed by atoms with Gasteiger partial charge in [-0.05, 0) is 61.7 Å². The predicted molar refractivity (Wildman–Crippen MR) is 136 cm³/mol. The zero-order chi connectivity index (χ0) is 25.1. The van der Waals surface area contributed by atoms with Gasteiger partial charge in [-0.25, -0.2) is 4.79 Å². The van der Waals surface area contributed by atoms with Crippen molar-refractivity contribution >= 4 is 22.7 Å². The molecule has 0 saturated heterocycles. The zero-order valence-electron chi connectivity index (χ0n) is 20.5. The second kappa shape index (κ2) is 9.93. The summed E-state index contributed by atoms with van der Waals surface area (Å²) in [5, 5.41) is 10.7. The number of ether oxygens (including phenoxy) is 3. The van der Waals surface area contributed by atoms with Crippen molar-refractivity contribution in [1.82, 2.24) is 4.98 Å². The molecule has 4 aromatic rings. The molecule has 0 atom stereocenters. The Morgan fingerprint density at radius 1 is 0.886 bits per heavy atom. The summed E-state index contributed by atoms with van der Waals surface area (Å²) >= 11 is 0. The number of aromatic nitrogens is 1. The van der Waals surface area contributed by atoms with Crippen LogP contribution in [-0.2, 0) is 6.54 Å². The highest BCUT2D eigenvalue weighted by atomic mass is 16.5. The fourth-order valence-electron chi connectivity index (χ4n) is 4.08. The quantitative estimate of drug-likeness (QED) is 0.324. The van der Waals surface area contributed by atoms with Crippen LogP contribution in [0.1, 0.15) is 22.3 Å². The summed E-state index contributed by atoms with van der Waals surface area (Å²) in [6, 6.07) is 17.0. The molecule has 0 saturated carbocycles. The predicted octanol–water partition coefficient (Wildman–Crippen LogP) is 6.65. The molecule has 180 valence electrons. The molecule has 3 aromatic carbocycles. The number of amides is 1. The molecule has 7 heteroatoms. The molecule has 0 bridgehead atoms. The average Bonchev–Trinajstić information content (AvgIpc) is 2.84. The van der Waals surface area contributed by atoms with Crippen molar-refractivity contribution in [3.8, 4) is 23.0 Å². The van der Waals surface area contributed by atoms with E-state index in [1.54, 1.807) is 32.5 Å². The lowest BCUT2D eigenvalue weighted by atomic mass is 10.1. The zero-order valence-corrected chi connectivity index (χ0v) is 20.5. The van der Waals surface area contributed by atoms with E-state index in [0.29, 0.717) is 34.2 Å². The van der Waals surface area contributed by atoms with Crippen LogP contribution in [0.5, 0.6) is 23.0 Å². The summed E-state index contributed by atoms with van der Waals surface area (Å²) in [6.07, 6.45) is 0.664. The Morgan fingerprint density at radius 2 is 1.63 bits per heavy atom. The van der Waals surface area contributed by atoms with Gasteiger partial charge in [-0.3, -0.25) is 9.88 Å². The van der Waals surface area contributed by atoms with E-state index in [1.165, 1.54) is 4.90 Å². The first-order chi connectivity index (χ1) is 16.8. The molecule has 0 unspecified atom stereocenters. The highest BCUT2D eigenvalue weighted by molar-refractivity contribution is 5.89. The Kier molecular flexibility index (Phi) is 6.78. The Morgan fingerprint density at radius 3 is 2.31 bits per heavy atom. The molecule has 0 aliphatic rings. The van der Waals surface area contributed by atoms with Crippen LogP contribution in [0, 0.1) is 20.8 Å². The van der Waals surface area contributed by atoms with Gasteiger partial charge in [0, 0.05) is 17.6 Å². The minimum atomic E-state index is -1.01. The van der Waals surface area contributed by atoms with Crippen molar-refractivity contribution in [3.63, 3.8) is 0 Å². The van der Waals surface area contributed by atoms with E-state index in [1.807, 2.05) is 63.2 Å². The number of rotatable bonds is 7. The maximum Gasteiger partial charge on any atom is 0.412 e. The SMILES string of the molecule is COc1cc2nccc(Oc3cc(C)c(N(Cc4cccc(C)c4)C(=O)O)cc3C)c2cc1OC. The summed E-state index contributed by atoms with van der Waals surface area (Å²) in [5.74, 6) is 2.41. The van der Waals surface area contributed by atoms with Gasteiger partial charge in [0.05, 0.1) is 32.0 Å². The first-order valence-corrected chi connectivity index (χ1v) is 11.2. The second-order valence-corrected chi connectivity index (χ2v) is 8.40. The number of hydrogen-bond donors (Lipinski definition) is 1. The van der Waals surface area contributed by atoms with Crippen LogP contribution in [0.4, 0.5) is 10.5 Å². The van der Waals surface area contributed by atoms with Gasteiger partial charge in [0.15, 0.2) is 11.5 Å². The Labute approximate surface area is 204 Å². The average molecular weight is 473 g/mol. The van der Waals surface area contributed by atoms with Gasteiger partial charge in [-0.1, -0.05) is 29.8 Å². The number of fused-ring (bicyclic) bond motifs is 1. The third kappa shape index (κ3) is 4.99. The Bertz CT molecular complexity index is 1400. The molecule has 0 radical (unpaired) electrons. The number of carbonyl (C=O) groups is 1. The number of carboxylic acid groups (broad SMARTS) is 1. The lowest BCUT2D eigenvalue weighted by Gasteiger charge is -2.23. The van der Waals surface area contributed by atoms with E-state index >= 15 is 0 Å². The van der Waals surface area contributed by atoms with Crippen LogP contribution >= 0.6 is 0 Å². The molecular formula is C28H28N2O5. The summed E-state index contributed by atoms with van der Waals surface area (Å²) in [4.78, 5) is 17.9. The fraction of sp³-hybridized carbons (Fsp3) is 0.214. The van der Waals surface area contributed by atoms with Crippen LogP contribution in [0.15, 0.2) is 60.8 Å². The molecule has 0 aliphatic heterocycles. The van der Waals surface area contributed by atoms with Gasteiger partial charge in [-0.2, -0.15) is 0 Å². The molecule has 0 spiro atoms. The van der Waals surface area contributed by atoms with Crippen LogP contribution in [0.2, 0.25) is 0 Å². The van der Waals surface area contributed by atoms with Gasteiger partial charge in [0.25, 0.3) is 0 Å². The van der Waals surface area contributed by atoms with E-state index in [4.69, 9.17) is 14.2 Å². The van der Waals surface area contributed by atoms with Crippen LogP contribution in [0.3, 0.4) is 0 Å². The maximum atomic E-state index is 12.2. The first kappa shape index (κ1) is 23.9. The number of benzene rings is 3. The van der Waals surface area contributed by atoms with Crippen molar-refractivity contribution < 1.29 is 24.1 Å². The molecule has 1 aromatic heterocycles. The number of nitrogens with zero attached hydrogens (tertiary/aromatic N) is 2. The summed E-state index contributed by atoms with van der Waals surface area (Å²) in [7, 11) is 3.16. The molecule has 0 aliphatic carbocycles. The molecule has 1 amide bonds. The maximum absolute atomic E-state index is 12.2. The topological polar surface area (TPSA) is 81.1 Å². The van der Waals surface area contributed by atoms with Gasteiger partial charge in [0.2, 0.25) is 0 Å². The molecule has 0 fully saturated rings. The minimum Gasteiger partial charge on any atom is -0.493 e. The highest BCUT2D eigenvalue weighted by Crippen LogP contribution is 2.38. The van der Waals surface area contributed by atoms with Gasteiger partial charge >= 0.3 is 6.09 Å². The Hall–Kier alpha value is -4.26. The second-order valence-electron chi connectivity index (χ2n) is 8.40. The van der Waals surface area contributed by atoms with E-state index in [-0.39, 0.29) is 6.54 Å². The van der Waals surface area contributed by atoms with Gasteiger partial charge in [-0.15, -0.1) is 0 Å². The number of pyridine rings is 1. The van der Waals surface area contributed by atoms with E-state index in [0.717, 1.165) is 27.6 Å². The fourth-order valence-corrected chi connectivity index (χ4v) is 4.08. The van der Waals surface area contributed by atoms with Crippen molar-refractivity contribution in [1.29, 1.82) is 0 Å². The van der Waals surface area contributed by atoms with Crippen LogP contribution < -0.4 is 19.1 Å². The third-order valence-electron chi connectivity index (χ3n) is 5.87. The van der Waals surface area contributed by atoms with Crippen molar-refractivity contribution in [3.05, 3.63) is 83.0 Å². The monoisotopic (exact) mass is 472 g/mol. The summed E-state index contributed by atoms with van der Waals surface area (Å²) in [5.41, 5.74) is 4.95. The van der Waals surface area contributed by atoms with Crippen LogP contribution in [0.25, 0.3) is 10.9 Å². The van der Waals surface area contributed by atoms with Crippen molar-refractivity contribution in [2.75, 3.05) is 19.1 Å². The summed E-state index contributed by atoms with van der Waals surface area (Å²) < 4.78 is 17.1. The molecule has 1 heterocycles. The van der Waals surface area contributed by atoms with Crippen LogP contribution in [-0.4, -0.2) is 30.4 Å². The number of anilines is 1. The number of aryl methyl sites for hydroxylation is 3. The third-order valence-corrected chi connectivity index (χ3v) is 5.87.